The van der Waals surface area contributed by atoms with Gasteiger partial charge in [0.1, 0.15) is 6.04 Å². The quantitative estimate of drug-likeness (QED) is 0.616. The monoisotopic (exact) mass is 323 g/mol. The number of carbonyl (C=O) groups is 1. The van der Waals surface area contributed by atoms with E-state index in [0.717, 1.165) is 5.56 Å². The molecule has 1 aromatic rings. The lowest BCUT2D eigenvalue weighted by Crippen LogP contribution is -2.44. The van der Waals surface area contributed by atoms with Gasteiger partial charge < -0.3 is 4.74 Å². The van der Waals surface area contributed by atoms with Gasteiger partial charge in [-0.25, -0.2) is 8.42 Å². The smallest absolute Gasteiger partial charge is 0.324 e. The van der Waals surface area contributed by atoms with Crippen LogP contribution in [0.1, 0.15) is 25.3 Å². The topological polar surface area (TPSA) is 63.7 Å². The number of sulfonamides is 1. The highest BCUT2D eigenvalue weighted by molar-refractivity contribution is 7.89. The van der Waals surface area contributed by atoms with Gasteiger partial charge >= 0.3 is 5.97 Å². The highest BCUT2D eigenvalue weighted by Crippen LogP contribution is 2.32. The Kier molecular flexibility index (Phi) is 5.03. The molecule has 0 N–H and O–H groups in total. The third-order valence-electron chi connectivity index (χ3n) is 3.80. The van der Waals surface area contributed by atoms with Gasteiger partial charge in [0.2, 0.25) is 10.0 Å². The Morgan fingerprint density at radius 3 is 2.55 bits per heavy atom. The Bertz CT molecular complexity index is 651. The molecule has 2 rings (SSSR count). The van der Waals surface area contributed by atoms with E-state index < -0.39 is 22.0 Å². The zero-order valence-electron chi connectivity index (χ0n) is 12.9. The van der Waals surface area contributed by atoms with Gasteiger partial charge in [-0.15, -0.1) is 6.58 Å². The van der Waals surface area contributed by atoms with E-state index in [1.54, 1.807) is 37.3 Å². The van der Waals surface area contributed by atoms with Crippen molar-refractivity contribution < 1.29 is 17.9 Å². The Balaban J connectivity index is 2.41. The maximum atomic E-state index is 12.9. The van der Waals surface area contributed by atoms with Crippen LogP contribution in [0, 0.1) is 6.92 Å². The lowest BCUT2D eigenvalue weighted by atomic mass is 10.2. The Labute approximate surface area is 131 Å². The van der Waals surface area contributed by atoms with Crippen LogP contribution in [0.25, 0.3) is 0 Å². The summed E-state index contributed by atoms with van der Waals surface area (Å²) < 4.78 is 32.1. The van der Waals surface area contributed by atoms with E-state index in [2.05, 4.69) is 6.58 Å². The van der Waals surface area contributed by atoms with Crippen molar-refractivity contribution in [3.8, 4) is 0 Å². The lowest BCUT2D eigenvalue weighted by molar-refractivity contribution is -0.147. The van der Waals surface area contributed by atoms with Crippen LogP contribution in [-0.2, 0) is 19.6 Å². The molecule has 1 fully saturated rings. The molecule has 6 heteroatoms. The van der Waals surface area contributed by atoms with Crippen LogP contribution in [0.4, 0.5) is 0 Å². The molecule has 1 saturated heterocycles. The van der Waals surface area contributed by atoms with Crippen molar-refractivity contribution in [3.63, 3.8) is 0 Å². The Morgan fingerprint density at radius 2 is 2.00 bits per heavy atom. The van der Waals surface area contributed by atoms with Crippen LogP contribution in [0.5, 0.6) is 0 Å². The van der Waals surface area contributed by atoms with Crippen LogP contribution >= 0.6 is 0 Å². The van der Waals surface area contributed by atoms with Crippen molar-refractivity contribution in [2.45, 2.75) is 43.7 Å². The summed E-state index contributed by atoms with van der Waals surface area (Å²) in [5.41, 5.74) is 0.975. The van der Waals surface area contributed by atoms with Crippen molar-refractivity contribution in [3.05, 3.63) is 42.5 Å². The molecule has 0 spiro atoms. The lowest BCUT2D eigenvalue weighted by Gasteiger charge is -2.26. The molecule has 0 saturated carbocycles. The second kappa shape index (κ2) is 6.62. The van der Waals surface area contributed by atoms with E-state index in [1.807, 2.05) is 6.92 Å². The van der Waals surface area contributed by atoms with Crippen molar-refractivity contribution in [1.82, 2.24) is 4.31 Å². The molecule has 5 nitrogen and oxygen atoms in total. The summed E-state index contributed by atoms with van der Waals surface area (Å²) in [6.45, 7) is 7.52. The van der Waals surface area contributed by atoms with Gasteiger partial charge in [0.05, 0.1) is 11.5 Å². The average molecular weight is 323 g/mol. The predicted octanol–water partition coefficient (Wildman–Crippen LogP) is 2.27. The van der Waals surface area contributed by atoms with Gasteiger partial charge in [0, 0.05) is 6.04 Å². The maximum Gasteiger partial charge on any atom is 0.324 e. The fourth-order valence-corrected chi connectivity index (χ4v) is 4.47. The molecular formula is C16H21NO4S. The van der Waals surface area contributed by atoms with E-state index in [1.165, 1.54) is 4.31 Å². The van der Waals surface area contributed by atoms with Gasteiger partial charge in [0.15, 0.2) is 0 Å². The molecule has 0 bridgehead atoms. The Morgan fingerprint density at radius 1 is 1.36 bits per heavy atom. The van der Waals surface area contributed by atoms with Crippen LogP contribution in [0.15, 0.2) is 41.8 Å². The number of benzene rings is 1. The molecule has 2 unspecified atom stereocenters. The number of hydrogen-bond acceptors (Lipinski definition) is 4. The summed E-state index contributed by atoms with van der Waals surface area (Å²) in [7, 11) is -3.77. The fourth-order valence-electron chi connectivity index (χ4n) is 2.67. The number of ether oxygens (including phenoxy) is 1. The first-order valence-electron chi connectivity index (χ1n) is 7.31. The zero-order chi connectivity index (χ0) is 16.3. The van der Waals surface area contributed by atoms with E-state index >= 15 is 0 Å². The van der Waals surface area contributed by atoms with E-state index in [9.17, 15) is 13.2 Å². The fraction of sp³-hybridized carbons (Fsp3) is 0.438. The highest BCUT2D eigenvalue weighted by Gasteiger charge is 2.45. The molecule has 0 aromatic heterocycles. The molecule has 1 aliphatic heterocycles. The maximum absolute atomic E-state index is 12.9. The van der Waals surface area contributed by atoms with Gasteiger partial charge in [-0.05, 0) is 38.8 Å². The molecule has 0 aliphatic carbocycles. The Hall–Kier alpha value is -1.66. The van der Waals surface area contributed by atoms with Crippen LogP contribution < -0.4 is 0 Å². The number of esters is 1. The minimum atomic E-state index is -3.77. The number of rotatable bonds is 5. The van der Waals surface area contributed by atoms with Crippen LogP contribution in [0.2, 0.25) is 0 Å². The summed E-state index contributed by atoms with van der Waals surface area (Å²) in [5, 5.41) is 0. The summed E-state index contributed by atoms with van der Waals surface area (Å²) in [6.07, 6.45) is 2.59. The van der Waals surface area contributed by atoms with Crippen molar-refractivity contribution in [1.29, 1.82) is 0 Å². The molecule has 1 aliphatic rings. The number of aryl methyl sites for hydroxylation is 1. The molecule has 0 radical (unpaired) electrons. The summed E-state index contributed by atoms with van der Waals surface area (Å²) in [5.74, 6) is -0.498. The minimum Gasteiger partial charge on any atom is -0.465 e. The molecule has 22 heavy (non-hydrogen) atoms. The van der Waals surface area contributed by atoms with Gasteiger partial charge in [-0.2, -0.15) is 4.31 Å². The first-order valence-corrected chi connectivity index (χ1v) is 8.75. The van der Waals surface area contributed by atoms with E-state index in [0.29, 0.717) is 12.8 Å². The standard InChI is InChI=1S/C16H21NO4S/c1-4-13-8-11-15(16(18)21-5-2)17(13)22(19,20)14-9-6-12(3)7-10-14/h4,6-7,9-10,13,15H,1,5,8,11H2,2-3H3. The van der Waals surface area contributed by atoms with Crippen molar-refractivity contribution >= 4 is 16.0 Å². The SMILES string of the molecule is C=CC1CCC(C(=O)OCC)N1S(=O)(=O)c1ccc(C)cc1. The second-order valence-corrected chi connectivity index (χ2v) is 7.14. The number of nitrogens with zero attached hydrogens (tertiary/aromatic N) is 1. The largest absolute Gasteiger partial charge is 0.465 e. The molecule has 120 valence electrons. The molecular weight excluding hydrogens is 302 g/mol. The van der Waals surface area contributed by atoms with Crippen molar-refractivity contribution in [2.75, 3.05) is 6.61 Å². The number of hydrogen-bond donors (Lipinski definition) is 0. The van der Waals surface area contributed by atoms with Gasteiger partial charge in [-0.1, -0.05) is 23.8 Å². The third-order valence-corrected chi connectivity index (χ3v) is 5.75. The molecule has 1 heterocycles. The second-order valence-electron chi connectivity index (χ2n) is 5.30. The summed E-state index contributed by atoms with van der Waals surface area (Å²) >= 11 is 0. The molecule has 2 atom stereocenters. The van der Waals surface area contributed by atoms with E-state index in [4.69, 9.17) is 4.74 Å². The zero-order valence-corrected chi connectivity index (χ0v) is 13.7. The first kappa shape index (κ1) is 16.7. The summed E-state index contributed by atoms with van der Waals surface area (Å²) in [4.78, 5) is 12.3. The normalized spacial score (nSPS) is 22.5. The summed E-state index contributed by atoms with van der Waals surface area (Å²) in [6, 6.07) is 5.43. The van der Waals surface area contributed by atoms with Crippen molar-refractivity contribution in [2.24, 2.45) is 0 Å². The number of carbonyl (C=O) groups excluding carboxylic acids is 1. The van der Waals surface area contributed by atoms with Crippen LogP contribution in [-0.4, -0.2) is 37.4 Å². The van der Waals surface area contributed by atoms with Gasteiger partial charge in [-0.3, -0.25) is 4.79 Å². The first-order chi connectivity index (χ1) is 10.4. The predicted molar refractivity (Wildman–Crippen MR) is 83.8 cm³/mol. The third kappa shape index (κ3) is 3.08. The van der Waals surface area contributed by atoms with Crippen LogP contribution in [0.3, 0.4) is 0 Å². The minimum absolute atomic E-state index is 0.182. The van der Waals surface area contributed by atoms with E-state index in [-0.39, 0.29) is 17.5 Å². The average Bonchev–Trinajstić information content (AvgIpc) is 2.92. The molecule has 0 amide bonds. The highest BCUT2D eigenvalue weighted by atomic mass is 32.2. The molecule has 1 aromatic carbocycles. The van der Waals surface area contributed by atoms with Gasteiger partial charge in [0.25, 0.3) is 0 Å².